The van der Waals surface area contributed by atoms with Crippen LogP contribution in [0.15, 0.2) is 136 Å². The van der Waals surface area contributed by atoms with Crippen LogP contribution in [-0.4, -0.2) is 119 Å². The van der Waals surface area contributed by atoms with Crippen LogP contribution in [0.3, 0.4) is 0 Å². The molecule has 4 aliphatic rings. The Hall–Kier alpha value is -7.91. The lowest BCUT2D eigenvalue weighted by Crippen LogP contribution is -2.82. The number of rotatable bonds is 16. The number of nitrogens with zero attached hydrogens (tertiary/aromatic N) is 1. The number of fused-ring (bicyclic) bond motifs is 6. The molecule has 9 rings (SSSR count). The van der Waals surface area contributed by atoms with Gasteiger partial charge in [0.2, 0.25) is 6.10 Å². The molecule has 3 aliphatic carbocycles. The lowest BCUT2D eigenvalue weighted by Gasteiger charge is -2.67. The molecule has 3 fully saturated rings. The zero-order valence-corrected chi connectivity index (χ0v) is 47.9. The first kappa shape index (κ1) is 61.2. The molecule has 1 aromatic heterocycles. The average Bonchev–Trinajstić information content (AvgIpc) is 0.727. The number of halogens is 1. The summed E-state index contributed by atoms with van der Waals surface area (Å²) in [5, 5.41) is 29.5. The third-order valence-corrected chi connectivity index (χ3v) is 17.0. The summed E-state index contributed by atoms with van der Waals surface area (Å²) in [5.41, 5.74) is -7.36. The van der Waals surface area contributed by atoms with Gasteiger partial charge in [-0.25, -0.2) is 24.0 Å². The quantitative estimate of drug-likeness (QED) is 0.0374. The number of carbonyl (C=O) groups is 7. The maximum absolute atomic E-state index is 15.9. The predicted octanol–water partition coefficient (Wildman–Crippen LogP) is 7.47. The lowest BCUT2D eigenvalue weighted by atomic mass is 9.44. The maximum atomic E-state index is 15.9. The second-order valence-corrected chi connectivity index (χ2v) is 21.9. The summed E-state index contributed by atoms with van der Waals surface area (Å²) in [6.45, 7) is 12.7. The largest absolute Gasteiger partial charge is 0.455 e. The van der Waals surface area contributed by atoms with Crippen molar-refractivity contribution in [1.82, 2.24) is 5.32 Å². The fraction of sp³-hybridized carbons (Fsp3) is 0.419. The summed E-state index contributed by atoms with van der Waals surface area (Å²) < 4.78 is 48.4. The molecule has 21 heteroatoms. The molecule has 2 saturated carbocycles. The minimum atomic E-state index is -2.52. The van der Waals surface area contributed by atoms with Gasteiger partial charge in [-0.2, -0.15) is 0 Å². The number of alkyl carbamates (subject to hydrolysis) is 1. The second kappa shape index (κ2) is 24.1. The number of benzene rings is 4. The number of Topliss-reactive ketones (excluding diaryl/α,β-unsaturated/α-hetero) is 1. The van der Waals surface area contributed by atoms with Crippen LogP contribution < -0.4 is 15.8 Å². The molecule has 4 aromatic carbocycles. The number of aliphatic hydroxyl groups is 2. The number of anilines is 1. The molecule has 1 unspecified atom stereocenters. The summed E-state index contributed by atoms with van der Waals surface area (Å²) in [6.07, 6.45) is -12.3. The van der Waals surface area contributed by atoms with Crippen LogP contribution in [0.4, 0.5) is 10.5 Å². The van der Waals surface area contributed by atoms with Crippen LogP contribution in [0.2, 0.25) is 0 Å². The van der Waals surface area contributed by atoms with Gasteiger partial charge in [0.25, 0.3) is 0 Å². The zero-order chi connectivity index (χ0) is 59.1. The smallest absolute Gasteiger partial charge is 0.408 e. The van der Waals surface area contributed by atoms with Gasteiger partial charge < -0.3 is 58.0 Å². The van der Waals surface area contributed by atoms with Gasteiger partial charge in [0, 0.05) is 74.0 Å². The van der Waals surface area contributed by atoms with Gasteiger partial charge in [-0.1, -0.05) is 80.6 Å². The molecule has 3 N–H and O–H groups in total. The van der Waals surface area contributed by atoms with Crippen molar-refractivity contribution in [3.05, 3.63) is 159 Å². The molecular weight excluding hydrogens is 1100 g/mol. The summed E-state index contributed by atoms with van der Waals surface area (Å²) in [4.78, 5) is 116. The molecule has 2 heterocycles. The highest BCUT2D eigenvalue weighted by Crippen LogP contribution is 2.64. The Balaban J connectivity index is 0.00000900. The number of ketones is 1. The molecule has 2 bridgehead atoms. The van der Waals surface area contributed by atoms with Gasteiger partial charge in [-0.15, -0.1) is 12.4 Å². The average molecular weight is 1160 g/mol. The first-order valence-electron chi connectivity index (χ1n) is 27.2. The van der Waals surface area contributed by atoms with Gasteiger partial charge in [0.15, 0.2) is 17.5 Å². The molecule has 83 heavy (non-hydrogen) atoms. The van der Waals surface area contributed by atoms with E-state index < -0.39 is 131 Å². The van der Waals surface area contributed by atoms with Gasteiger partial charge in [-0.05, 0) is 80.8 Å². The van der Waals surface area contributed by atoms with Crippen LogP contribution >= 0.6 is 12.4 Å². The summed E-state index contributed by atoms with van der Waals surface area (Å²) >= 11 is 0. The van der Waals surface area contributed by atoms with E-state index in [0.29, 0.717) is 24.0 Å². The monoisotopic (exact) mass is 1160 g/mol. The number of carbonyl (C=O) groups excluding carboxylic acids is 7. The van der Waals surface area contributed by atoms with E-state index >= 15 is 9.59 Å². The highest BCUT2D eigenvalue weighted by atomic mass is 35.5. The normalized spacial score (nSPS) is 26.5. The number of amides is 1. The van der Waals surface area contributed by atoms with Crippen molar-refractivity contribution in [3.8, 4) is 0 Å². The van der Waals surface area contributed by atoms with Crippen molar-refractivity contribution in [1.29, 1.82) is 0 Å². The van der Waals surface area contributed by atoms with Gasteiger partial charge in [0.1, 0.15) is 42.1 Å². The summed E-state index contributed by atoms with van der Waals surface area (Å²) in [6, 6.07) is 28.3. The zero-order valence-electron chi connectivity index (χ0n) is 47.1. The van der Waals surface area contributed by atoms with E-state index in [9.17, 15) is 39.0 Å². The standard InChI is InChI=1S/C62H66N2O18.ClH/c1-9-64(10-2)41-26-27-42-40(28-47(68)78-43(42)29-41)32-75-58(73)63-49(37-20-14-11-15-21-37)51(80-55(70)38-22-16-12-17-23-38)57(72)79-44-31-62(74)54(81-56(71)39-24-18-13-19-25-39)52-60(8,45(67)30-46-61(52,33-76-46)82-36(5)66)53(69)50(77-35(4)65)48(34(44)3)59(62,6)7;/h11-29,44-46,49-52,54,67,74H,9-10,30-33H2,1-8H3,(H,63,73);1H/t44-,45-,46+,49+,50+,51+,52?,54-,60+,61-,62+;/m0./s1. The first-order chi connectivity index (χ1) is 39.0. The van der Waals surface area contributed by atoms with Crippen LogP contribution in [0.1, 0.15) is 106 Å². The van der Waals surface area contributed by atoms with Crippen molar-refractivity contribution in [3.63, 3.8) is 0 Å². The molecule has 5 aromatic rings. The fourth-order valence-electron chi connectivity index (χ4n) is 12.7. The van der Waals surface area contributed by atoms with E-state index in [1.165, 1.54) is 58.0 Å². The Labute approximate surface area is 484 Å². The number of aliphatic hydroxyl groups excluding tert-OH is 1. The number of nitrogens with one attached hydrogen (secondary N) is 1. The Morgan fingerprint density at radius 3 is 1.99 bits per heavy atom. The van der Waals surface area contributed by atoms with Crippen LogP contribution in [0, 0.1) is 16.7 Å². The van der Waals surface area contributed by atoms with E-state index in [4.69, 9.17) is 37.6 Å². The van der Waals surface area contributed by atoms with Crippen LogP contribution in [0.25, 0.3) is 11.0 Å². The number of hydrogen-bond acceptors (Lipinski definition) is 19. The minimum absolute atomic E-state index is 0. The van der Waals surface area contributed by atoms with Gasteiger partial charge in [0.05, 0.1) is 35.2 Å². The van der Waals surface area contributed by atoms with E-state index in [1.54, 1.807) is 78.9 Å². The molecule has 0 radical (unpaired) electrons. The highest BCUT2D eigenvalue weighted by Gasteiger charge is 2.78. The molecule has 0 spiro atoms. The van der Waals surface area contributed by atoms with Gasteiger partial charge in [-0.3, -0.25) is 14.4 Å². The molecule has 1 amide bonds. The Kier molecular flexibility index (Phi) is 17.8. The summed E-state index contributed by atoms with van der Waals surface area (Å²) in [7, 11) is 0. The van der Waals surface area contributed by atoms with Gasteiger partial charge >= 0.3 is 41.6 Å². The lowest BCUT2D eigenvalue weighted by molar-refractivity contribution is -0.346. The van der Waals surface area contributed by atoms with Crippen molar-refractivity contribution in [2.24, 2.45) is 16.7 Å². The molecule has 11 atom stereocenters. The Bertz CT molecular complexity index is 3390. The predicted molar refractivity (Wildman–Crippen MR) is 300 cm³/mol. The Morgan fingerprint density at radius 2 is 1.41 bits per heavy atom. The molecule has 1 saturated heterocycles. The first-order valence-corrected chi connectivity index (χ1v) is 27.2. The third-order valence-electron chi connectivity index (χ3n) is 17.0. The van der Waals surface area contributed by atoms with Crippen molar-refractivity contribution in [2.45, 2.75) is 129 Å². The minimum Gasteiger partial charge on any atom is -0.455 e. The molecular formula is C62H67ClN2O18. The molecule has 440 valence electrons. The maximum Gasteiger partial charge on any atom is 0.408 e. The topological polar surface area (TPSA) is 270 Å². The third kappa shape index (κ3) is 11.2. The van der Waals surface area contributed by atoms with Crippen molar-refractivity contribution >= 4 is 70.8 Å². The highest BCUT2D eigenvalue weighted by molar-refractivity contribution is 5.96. The van der Waals surface area contributed by atoms with E-state index in [1.807, 2.05) is 19.9 Å². The number of esters is 5. The number of hydrogen-bond donors (Lipinski definition) is 3. The fourth-order valence-corrected chi connectivity index (χ4v) is 12.7. The van der Waals surface area contributed by atoms with Crippen LogP contribution in [-0.2, 0) is 58.9 Å². The van der Waals surface area contributed by atoms with Crippen molar-refractivity contribution < 1.29 is 81.4 Å². The van der Waals surface area contributed by atoms with Crippen LogP contribution in [0.5, 0.6) is 0 Å². The SMILES string of the molecule is CCN(CC)c1ccc2c(COC(=O)N[C@H](c3ccccc3)[C@@H](OC(=O)c3ccccc3)C(=O)O[C@H]3C[C@@]4(O)[C@@H](OC(=O)c5ccccc5)C5[C@](C)(C(=O)[C@H](OC(C)=O)C(=C3C)C4(C)C)[C@@H](O)C[C@H]3OC[C@@]53OC(C)=O)cc(=O)oc2c1.Cl. The Morgan fingerprint density at radius 1 is 0.795 bits per heavy atom. The van der Waals surface area contributed by atoms with E-state index in [-0.39, 0.29) is 58.9 Å². The second-order valence-electron chi connectivity index (χ2n) is 21.9. The van der Waals surface area contributed by atoms with E-state index in [2.05, 4.69) is 10.2 Å². The number of ether oxygens (including phenoxy) is 7. The molecule has 20 nitrogen and oxygen atoms in total. The van der Waals surface area contributed by atoms with E-state index in [0.717, 1.165) is 19.5 Å². The summed E-state index contributed by atoms with van der Waals surface area (Å²) in [5.74, 6) is -7.63. The molecule has 1 aliphatic heterocycles. The van der Waals surface area contributed by atoms with Crippen molar-refractivity contribution in [2.75, 3.05) is 24.6 Å².